The number of nitrogens with zero attached hydrogens (tertiary/aromatic N) is 2. The van der Waals surface area contributed by atoms with Crippen molar-refractivity contribution in [2.24, 2.45) is 0 Å². The van der Waals surface area contributed by atoms with Gasteiger partial charge in [-0.05, 0) is 80.6 Å². The Hall–Kier alpha value is -3.74. The zero-order chi connectivity index (χ0) is 29.9. The highest BCUT2D eigenvalue weighted by atomic mass is 32.2. The number of hydrogen-bond donors (Lipinski definition) is 2. The molecule has 0 atom stereocenters. The number of anilines is 2. The molecule has 2 aliphatic rings. The molecular formula is C30H34N4O6S2. The quantitative estimate of drug-likeness (QED) is 0.376. The van der Waals surface area contributed by atoms with Gasteiger partial charge in [0.15, 0.2) is 0 Å². The molecule has 2 aliphatic heterocycles. The van der Waals surface area contributed by atoms with E-state index in [1.165, 1.54) is 39.9 Å². The third-order valence-corrected chi connectivity index (χ3v) is 10.4. The number of hydrogen-bond acceptors (Lipinski definition) is 8. The molecule has 0 aliphatic carbocycles. The number of fused-ring (bicyclic) bond motifs is 2. The lowest BCUT2D eigenvalue weighted by molar-refractivity contribution is 0.0924. The summed E-state index contributed by atoms with van der Waals surface area (Å²) in [5.41, 5.74) is 2.98. The zero-order valence-electron chi connectivity index (χ0n) is 23.6. The van der Waals surface area contributed by atoms with Crippen LogP contribution < -0.4 is 14.9 Å². The Morgan fingerprint density at radius 1 is 0.976 bits per heavy atom. The highest BCUT2D eigenvalue weighted by molar-refractivity contribution is 7.92. The third kappa shape index (κ3) is 6.06. The molecule has 2 aromatic carbocycles. The van der Waals surface area contributed by atoms with Gasteiger partial charge in [-0.2, -0.15) is 0 Å². The number of para-hydroxylation sites is 1. The van der Waals surface area contributed by atoms with E-state index in [-0.39, 0.29) is 22.6 Å². The summed E-state index contributed by atoms with van der Waals surface area (Å²) in [5, 5.41) is 5.44. The zero-order valence-corrected chi connectivity index (χ0v) is 25.3. The fraction of sp³-hybridized carbons (Fsp3) is 0.367. The molecule has 0 radical (unpaired) electrons. The SMILES string of the molecule is CCCN1CCc2c(sc(NC(=O)c3ccc(S(=O)(=O)N4CCCc5ccccc54)cc3)c2C(=O)NC(=O)OCC)C1. The van der Waals surface area contributed by atoms with Gasteiger partial charge in [0.25, 0.3) is 21.8 Å². The summed E-state index contributed by atoms with van der Waals surface area (Å²) in [7, 11) is -3.82. The van der Waals surface area contributed by atoms with Gasteiger partial charge in [-0.1, -0.05) is 25.1 Å². The van der Waals surface area contributed by atoms with Crippen LogP contribution in [0.1, 0.15) is 63.4 Å². The number of carbonyl (C=O) groups is 3. The molecule has 42 heavy (non-hydrogen) atoms. The van der Waals surface area contributed by atoms with Crippen LogP contribution in [0.25, 0.3) is 0 Å². The number of thiophene rings is 1. The van der Waals surface area contributed by atoms with E-state index in [1.807, 2.05) is 24.3 Å². The summed E-state index contributed by atoms with van der Waals surface area (Å²) in [6.45, 7) is 6.59. The molecule has 222 valence electrons. The minimum atomic E-state index is -3.82. The van der Waals surface area contributed by atoms with E-state index in [2.05, 4.69) is 22.5 Å². The molecule has 3 amide bonds. The lowest BCUT2D eigenvalue weighted by Gasteiger charge is -2.30. The molecule has 12 heteroatoms. The van der Waals surface area contributed by atoms with Gasteiger partial charge in [-0.15, -0.1) is 11.3 Å². The number of ether oxygens (including phenoxy) is 1. The fourth-order valence-electron chi connectivity index (χ4n) is 5.44. The molecule has 0 saturated heterocycles. The minimum absolute atomic E-state index is 0.0906. The first-order valence-corrected chi connectivity index (χ1v) is 16.4. The van der Waals surface area contributed by atoms with Crippen molar-refractivity contribution >= 4 is 50.0 Å². The maximum atomic E-state index is 13.5. The number of amides is 3. The van der Waals surface area contributed by atoms with Crippen molar-refractivity contribution < 1.29 is 27.5 Å². The predicted octanol–water partition coefficient (Wildman–Crippen LogP) is 4.80. The van der Waals surface area contributed by atoms with E-state index in [0.717, 1.165) is 48.4 Å². The molecule has 0 fully saturated rings. The molecule has 1 aromatic heterocycles. The first-order chi connectivity index (χ1) is 20.2. The van der Waals surface area contributed by atoms with Crippen LogP contribution in [0.5, 0.6) is 0 Å². The number of alkyl carbamates (subject to hydrolysis) is 1. The standard InChI is InChI=1S/C30H34N4O6S2/c1-3-16-33-18-15-23-25(19-33)41-29(26(23)28(36)32-30(37)40-4-2)31-27(35)21-11-13-22(14-12-21)42(38,39)34-17-7-9-20-8-5-6-10-24(20)34/h5-6,8,10-14H,3-4,7,9,15-19H2,1-2H3,(H,31,35)(H,32,36,37). The molecule has 0 spiro atoms. The molecule has 2 N–H and O–H groups in total. The van der Waals surface area contributed by atoms with Gasteiger partial charge >= 0.3 is 6.09 Å². The van der Waals surface area contributed by atoms with E-state index in [1.54, 1.807) is 6.92 Å². The third-order valence-electron chi connectivity index (χ3n) is 7.39. The van der Waals surface area contributed by atoms with Crippen LogP contribution in [-0.2, 0) is 34.1 Å². The molecule has 5 rings (SSSR count). The van der Waals surface area contributed by atoms with Crippen LogP contribution in [0, 0.1) is 0 Å². The summed E-state index contributed by atoms with van der Waals surface area (Å²) in [5.74, 6) is -1.12. The van der Waals surface area contributed by atoms with Crippen molar-refractivity contribution in [1.82, 2.24) is 10.2 Å². The maximum Gasteiger partial charge on any atom is 0.414 e. The Balaban J connectivity index is 1.38. The van der Waals surface area contributed by atoms with Gasteiger partial charge in [0.05, 0.1) is 22.8 Å². The first-order valence-electron chi connectivity index (χ1n) is 14.1. The Morgan fingerprint density at radius 2 is 1.74 bits per heavy atom. The van der Waals surface area contributed by atoms with E-state index in [9.17, 15) is 22.8 Å². The number of benzene rings is 2. The van der Waals surface area contributed by atoms with Crippen LogP contribution >= 0.6 is 11.3 Å². The van der Waals surface area contributed by atoms with Gasteiger partial charge in [0.2, 0.25) is 0 Å². The van der Waals surface area contributed by atoms with Gasteiger partial charge in [-0.3, -0.25) is 24.1 Å². The van der Waals surface area contributed by atoms with Crippen molar-refractivity contribution in [3.05, 3.63) is 75.7 Å². The Morgan fingerprint density at radius 3 is 2.48 bits per heavy atom. The van der Waals surface area contributed by atoms with E-state index in [4.69, 9.17) is 4.74 Å². The van der Waals surface area contributed by atoms with E-state index >= 15 is 0 Å². The average Bonchev–Trinajstić information content (AvgIpc) is 3.34. The number of aryl methyl sites for hydroxylation is 1. The van der Waals surface area contributed by atoms with Crippen molar-refractivity contribution in [2.75, 3.05) is 35.9 Å². The van der Waals surface area contributed by atoms with Crippen molar-refractivity contribution in [3.63, 3.8) is 0 Å². The van der Waals surface area contributed by atoms with Crippen LogP contribution in [0.3, 0.4) is 0 Å². The highest BCUT2D eigenvalue weighted by Crippen LogP contribution is 2.38. The van der Waals surface area contributed by atoms with Crippen molar-refractivity contribution in [2.45, 2.75) is 51.0 Å². The second kappa shape index (κ2) is 12.6. The number of carbonyl (C=O) groups excluding carboxylic acids is 3. The lowest BCUT2D eigenvalue weighted by atomic mass is 10.0. The second-order valence-corrected chi connectivity index (χ2v) is 13.2. The highest BCUT2D eigenvalue weighted by Gasteiger charge is 2.31. The van der Waals surface area contributed by atoms with Gasteiger partial charge in [0.1, 0.15) is 5.00 Å². The molecule has 3 aromatic rings. The number of imide groups is 1. The van der Waals surface area contributed by atoms with Crippen molar-refractivity contribution in [1.29, 1.82) is 0 Å². The summed E-state index contributed by atoms with van der Waals surface area (Å²) in [6, 6.07) is 13.3. The minimum Gasteiger partial charge on any atom is -0.450 e. The van der Waals surface area contributed by atoms with Gasteiger partial charge < -0.3 is 10.1 Å². The van der Waals surface area contributed by atoms with Crippen molar-refractivity contribution in [3.8, 4) is 0 Å². The molecule has 3 heterocycles. The largest absolute Gasteiger partial charge is 0.450 e. The Bertz CT molecular complexity index is 1600. The van der Waals surface area contributed by atoms with Gasteiger partial charge in [-0.25, -0.2) is 13.2 Å². The van der Waals surface area contributed by atoms with Gasteiger partial charge in [0, 0.05) is 30.1 Å². The monoisotopic (exact) mass is 610 g/mol. The van der Waals surface area contributed by atoms with Crippen LogP contribution in [0.2, 0.25) is 0 Å². The van der Waals surface area contributed by atoms with Crippen LogP contribution in [-0.4, -0.2) is 57.5 Å². The fourth-order valence-corrected chi connectivity index (χ4v) is 8.27. The van der Waals surface area contributed by atoms with E-state index < -0.39 is 27.9 Å². The summed E-state index contributed by atoms with van der Waals surface area (Å²) in [6.07, 6.45) is 2.31. The smallest absolute Gasteiger partial charge is 0.414 e. The molecular weight excluding hydrogens is 576 g/mol. The first kappa shape index (κ1) is 29.7. The molecule has 0 bridgehead atoms. The summed E-state index contributed by atoms with van der Waals surface area (Å²) < 4.78 is 33.3. The molecule has 10 nitrogen and oxygen atoms in total. The molecule has 0 saturated carbocycles. The van der Waals surface area contributed by atoms with Crippen LogP contribution in [0.4, 0.5) is 15.5 Å². The number of sulfonamides is 1. The lowest BCUT2D eigenvalue weighted by Crippen LogP contribution is -2.35. The average molecular weight is 611 g/mol. The van der Waals surface area contributed by atoms with E-state index in [0.29, 0.717) is 30.2 Å². The Labute approximate surface area is 249 Å². The summed E-state index contributed by atoms with van der Waals surface area (Å²) in [4.78, 5) is 41.8. The Kier molecular flexibility index (Phi) is 8.95. The second-order valence-electron chi connectivity index (χ2n) is 10.2. The van der Waals surface area contributed by atoms with Crippen LogP contribution in [0.15, 0.2) is 53.4 Å². The maximum absolute atomic E-state index is 13.5. The number of nitrogens with one attached hydrogen (secondary N) is 2. The topological polar surface area (TPSA) is 125 Å². The summed E-state index contributed by atoms with van der Waals surface area (Å²) >= 11 is 1.31. The molecule has 0 unspecified atom stereocenters. The predicted molar refractivity (Wildman–Crippen MR) is 162 cm³/mol. The normalized spacial score (nSPS) is 15.0. The number of rotatable bonds is 8.